The SMILES string of the molecule is C=CC(=O)OCC(C)(C)COC(=O)C=C.C=CC(=O)OCCCCCCOC(=O)C=C.C=CC(=O)OCCOCCOCCOCCOC(=O)C=C.C=CC(=O)OCCOCCOc1ccc(C(C)(C)c2ccc(OCCOC(=O)C=C)cc2)cc1.C=CC(=O)OCc1ccccc1COC(=O)C=C.COCCOCCOCCOc1ccccc1. The third-order valence-electron chi connectivity index (χ3n) is 14.7. The van der Waals surface area contributed by atoms with Crippen LogP contribution in [0.15, 0.2) is 230 Å². The fourth-order valence-corrected chi connectivity index (χ4v) is 8.27. The van der Waals surface area contributed by atoms with Gasteiger partial charge in [0, 0.05) is 78.7 Å². The van der Waals surface area contributed by atoms with Gasteiger partial charge in [0.05, 0.1) is 112 Å². The molecule has 0 saturated carbocycles. The van der Waals surface area contributed by atoms with Gasteiger partial charge in [-0.25, -0.2) is 47.9 Å². The Morgan fingerprint density at radius 1 is 0.256 bits per heavy atom. The summed E-state index contributed by atoms with van der Waals surface area (Å²) in [6.45, 7) is 50.3. The number of methoxy groups -OCH3 is 1. The molecular formula is C91H122O30. The molecule has 0 spiro atoms. The van der Waals surface area contributed by atoms with Crippen molar-refractivity contribution in [2.24, 2.45) is 5.41 Å². The number of unbranched alkanes of at least 4 members (excludes halogenated alkanes) is 3. The van der Waals surface area contributed by atoms with Gasteiger partial charge in [0.1, 0.15) is 76.7 Å². The van der Waals surface area contributed by atoms with E-state index in [1.807, 2.05) is 105 Å². The van der Waals surface area contributed by atoms with Gasteiger partial charge in [-0.2, -0.15) is 0 Å². The number of carbonyl (C=O) groups is 10. The molecule has 0 atom stereocenters. The number of rotatable bonds is 60. The highest BCUT2D eigenvalue weighted by Gasteiger charge is 2.24. The van der Waals surface area contributed by atoms with Gasteiger partial charge in [0.2, 0.25) is 0 Å². The minimum absolute atomic E-state index is 0.118. The van der Waals surface area contributed by atoms with Gasteiger partial charge in [-0.15, -0.1) is 0 Å². The lowest BCUT2D eigenvalue weighted by Crippen LogP contribution is -2.27. The molecule has 30 nitrogen and oxygen atoms in total. The van der Waals surface area contributed by atoms with Crippen molar-refractivity contribution in [3.05, 3.63) is 252 Å². The third-order valence-corrected chi connectivity index (χ3v) is 14.7. The molecule has 0 aromatic heterocycles. The van der Waals surface area contributed by atoms with E-state index >= 15 is 0 Å². The maximum absolute atomic E-state index is 11.0. The molecular weight excluding hydrogens is 1570 g/mol. The predicted octanol–water partition coefficient (Wildman–Crippen LogP) is 12.1. The van der Waals surface area contributed by atoms with Crippen molar-refractivity contribution >= 4 is 59.7 Å². The molecule has 666 valence electrons. The lowest BCUT2D eigenvalue weighted by Gasteiger charge is -2.26. The molecule has 4 rings (SSSR count). The molecule has 0 amide bonds. The number of carbonyl (C=O) groups excluding carboxylic acids is 10. The zero-order valence-corrected chi connectivity index (χ0v) is 70.6. The number of esters is 10. The maximum atomic E-state index is 11.0. The molecule has 0 unspecified atom stereocenters. The first-order valence-corrected chi connectivity index (χ1v) is 38.4. The first-order chi connectivity index (χ1) is 58.3. The second-order valence-electron chi connectivity index (χ2n) is 25.0. The largest absolute Gasteiger partial charge is 0.491 e. The van der Waals surface area contributed by atoms with Crippen LogP contribution in [0.2, 0.25) is 0 Å². The quantitative estimate of drug-likeness (QED) is 0.0171. The minimum Gasteiger partial charge on any atom is -0.491 e. The molecule has 0 aliphatic carbocycles. The van der Waals surface area contributed by atoms with Gasteiger partial charge in [-0.3, -0.25) is 0 Å². The van der Waals surface area contributed by atoms with Crippen molar-refractivity contribution in [1.82, 2.24) is 0 Å². The van der Waals surface area contributed by atoms with E-state index in [4.69, 9.17) is 94.7 Å². The zero-order chi connectivity index (χ0) is 90.3. The molecule has 4 aromatic carbocycles. The Morgan fingerprint density at radius 2 is 0.488 bits per heavy atom. The van der Waals surface area contributed by atoms with Crippen molar-refractivity contribution in [3.63, 3.8) is 0 Å². The Bertz CT molecular complexity index is 3510. The molecule has 0 aliphatic heterocycles. The lowest BCUT2D eigenvalue weighted by atomic mass is 9.78. The van der Waals surface area contributed by atoms with E-state index in [9.17, 15) is 47.9 Å². The van der Waals surface area contributed by atoms with E-state index in [1.165, 1.54) is 0 Å². The molecule has 0 heterocycles. The number of benzene rings is 4. The van der Waals surface area contributed by atoms with Crippen LogP contribution < -0.4 is 14.2 Å². The van der Waals surface area contributed by atoms with Crippen LogP contribution in [0.1, 0.15) is 75.6 Å². The Kier molecular flexibility index (Phi) is 69.4. The second kappa shape index (κ2) is 75.6. The van der Waals surface area contributed by atoms with Crippen LogP contribution >= 0.6 is 0 Å². The van der Waals surface area contributed by atoms with Crippen molar-refractivity contribution in [2.45, 2.75) is 72.0 Å². The van der Waals surface area contributed by atoms with Gasteiger partial charge in [0.25, 0.3) is 0 Å². The summed E-state index contributed by atoms with van der Waals surface area (Å²) in [6, 6.07) is 32.8. The molecule has 30 heteroatoms. The van der Waals surface area contributed by atoms with E-state index < -0.39 is 53.2 Å². The molecule has 0 bridgehead atoms. The first-order valence-electron chi connectivity index (χ1n) is 38.4. The summed E-state index contributed by atoms with van der Waals surface area (Å²) in [4.78, 5) is 108. The average Bonchev–Trinajstić information content (AvgIpc) is 0.803. The highest BCUT2D eigenvalue weighted by molar-refractivity contribution is 5.84. The highest BCUT2D eigenvalue weighted by atomic mass is 16.6. The zero-order valence-electron chi connectivity index (χ0n) is 70.6. The van der Waals surface area contributed by atoms with Crippen molar-refractivity contribution in [3.8, 4) is 17.2 Å². The van der Waals surface area contributed by atoms with Crippen molar-refractivity contribution < 1.29 is 143 Å². The van der Waals surface area contributed by atoms with E-state index in [1.54, 1.807) is 19.2 Å². The summed E-state index contributed by atoms with van der Waals surface area (Å²) in [5, 5.41) is 0. The average molecular weight is 1700 g/mol. The van der Waals surface area contributed by atoms with Crippen LogP contribution in [0, 0.1) is 5.41 Å². The summed E-state index contributed by atoms with van der Waals surface area (Å²) in [5.41, 5.74) is 3.20. The molecule has 0 saturated heterocycles. The Hall–Kier alpha value is -11.9. The van der Waals surface area contributed by atoms with Crippen LogP contribution in [0.25, 0.3) is 0 Å². The second-order valence-corrected chi connectivity index (χ2v) is 25.0. The maximum Gasteiger partial charge on any atom is 0.330 e. The third kappa shape index (κ3) is 65.7. The first kappa shape index (κ1) is 111. The van der Waals surface area contributed by atoms with Gasteiger partial charge < -0.3 is 94.7 Å². The summed E-state index contributed by atoms with van der Waals surface area (Å²) in [5.74, 6) is -2.27. The monoisotopic (exact) mass is 1690 g/mol. The molecule has 0 radical (unpaired) electrons. The lowest BCUT2D eigenvalue weighted by molar-refractivity contribution is -0.147. The Balaban J connectivity index is 0. The van der Waals surface area contributed by atoms with Gasteiger partial charge in [0.15, 0.2) is 0 Å². The number of para-hydroxylation sites is 1. The number of hydrogen-bond donors (Lipinski definition) is 0. The van der Waals surface area contributed by atoms with Crippen molar-refractivity contribution in [1.29, 1.82) is 0 Å². The number of hydrogen-bond acceptors (Lipinski definition) is 30. The topological polar surface area (TPSA) is 355 Å². The van der Waals surface area contributed by atoms with Crippen LogP contribution in [-0.2, 0) is 147 Å². The smallest absolute Gasteiger partial charge is 0.330 e. The van der Waals surface area contributed by atoms with Crippen LogP contribution in [0.3, 0.4) is 0 Å². The predicted molar refractivity (Wildman–Crippen MR) is 453 cm³/mol. The number of ether oxygens (including phenoxy) is 20. The standard InChI is InChI=1S/C27H32O7.C14H22O7.C14H14O4.C13H20O4.C12H18O4.C11H16O4/c1-5-25(28)33-18-16-30-15-17-31-23-11-7-21(8-12-23)27(3,4)22-9-13-24(14-10-22)32-19-20-34-26(29)6-2;1-3-13(15)20-11-9-18-7-5-17-6-8-19-10-12-21-14(16)4-2;1-3-13(15)17-9-11-7-5-6-8-12(11)10-18-14(16)4-2;1-14-7-8-15-9-10-16-11-12-17-13-5-3-2-4-6-13;1-3-11(13)15-9-7-5-6-8-10-16-12(14)4-2;1-5-9(12)14-7-11(3,4)8-15-10(13)6-2/h5-14H,1-2,15-20H2,3-4H3;3-4H,1-2,5-12H2;3-8H,1-2,9-10H2;2-6H,7-12H2,1H3;3-4H,1-2,5-10H2;5-6H,1-2,7-8H2,3-4H3. The van der Waals surface area contributed by atoms with E-state index in [2.05, 4.69) is 79.6 Å². The van der Waals surface area contributed by atoms with Crippen molar-refractivity contribution in [2.75, 3.05) is 166 Å². The summed E-state index contributed by atoms with van der Waals surface area (Å²) < 4.78 is 101. The molecule has 0 fully saturated rings. The summed E-state index contributed by atoms with van der Waals surface area (Å²) in [7, 11) is 1.65. The van der Waals surface area contributed by atoms with Crippen LogP contribution in [0.4, 0.5) is 0 Å². The van der Waals surface area contributed by atoms with E-state index in [-0.39, 0.29) is 76.8 Å². The molecule has 0 aliphatic rings. The molecule has 121 heavy (non-hydrogen) atoms. The highest BCUT2D eigenvalue weighted by Crippen LogP contribution is 2.33. The normalized spacial score (nSPS) is 10.1. The molecule has 0 N–H and O–H groups in total. The summed E-state index contributed by atoms with van der Waals surface area (Å²) in [6.07, 6.45) is 14.6. The fraction of sp³-hybridized carbons (Fsp3) is 0.407. The minimum atomic E-state index is -0.493. The van der Waals surface area contributed by atoms with Gasteiger partial charge in [-0.05, 0) is 84.3 Å². The van der Waals surface area contributed by atoms with Crippen LogP contribution in [-0.4, -0.2) is 225 Å². The van der Waals surface area contributed by atoms with Crippen LogP contribution in [0.5, 0.6) is 17.2 Å². The molecule has 4 aromatic rings. The van der Waals surface area contributed by atoms with Gasteiger partial charge in [-0.1, -0.05) is 160 Å². The van der Waals surface area contributed by atoms with Gasteiger partial charge >= 0.3 is 59.7 Å². The van der Waals surface area contributed by atoms with E-state index in [0.717, 1.165) is 120 Å². The summed E-state index contributed by atoms with van der Waals surface area (Å²) >= 11 is 0. The van der Waals surface area contributed by atoms with E-state index in [0.29, 0.717) is 118 Å². The fourth-order valence-electron chi connectivity index (χ4n) is 8.27. The Morgan fingerprint density at radius 3 is 0.785 bits per heavy atom. The Labute approximate surface area is 711 Å².